The Labute approximate surface area is 184 Å². The normalized spacial score (nSPS) is 19.6. The van der Waals surface area contributed by atoms with Crippen molar-refractivity contribution in [3.8, 4) is 0 Å². The fourth-order valence-corrected chi connectivity index (χ4v) is 4.56. The number of hydrogen-bond donors (Lipinski definition) is 2. The molecule has 2 amide bonds. The van der Waals surface area contributed by atoms with Crippen molar-refractivity contribution in [1.82, 2.24) is 14.8 Å². The SMILES string of the molecule is CC(Sc1n[nH]c(=O)n1CC1CCCO1)C(=O)N1CC(=O)Nc2cc(C(F)(F)F)ccc21. The van der Waals surface area contributed by atoms with Gasteiger partial charge in [0.25, 0.3) is 0 Å². The first-order valence-corrected chi connectivity index (χ1v) is 10.8. The molecule has 0 aliphatic carbocycles. The van der Waals surface area contributed by atoms with Crippen LogP contribution in [0.1, 0.15) is 25.3 Å². The smallest absolute Gasteiger partial charge is 0.376 e. The lowest BCUT2D eigenvalue weighted by Gasteiger charge is -2.31. The lowest BCUT2D eigenvalue weighted by molar-refractivity contribution is -0.137. The number of ether oxygens (including phenoxy) is 1. The molecule has 1 aromatic carbocycles. The number of amides is 2. The van der Waals surface area contributed by atoms with Gasteiger partial charge in [0, 0.05) is 6.61 Å². The zero-order chi connectivity index (χ0) is 23.0. The van der Waals surface area contributed by atoms with Crippen molar-refractivity contribution in [3.63, 3.8) is 0 Å². The van der Waals surface area contributed by atoms with E-state index in [2.05, 4.69) is 15.5 Å². The summed E-state index contributed by atoms with van der Waals surface area (Å²) in [5, 5.41) is 8.25. The fraction of sp³-hybridized carbons (Fsp3) is 0.474. The van der Waals surface area contributed by atoms with E-state index in [1.165, 1.54) is 4.57 Å². The summed E-state index contributed by atoms with van der Waals surface area (Å²) in [6.45, 7) is 2.18. The van der Waals surface area contributed by atoms with Gasteiger partial charge in [-0.1, -0.05) is 11.8 Å². The maximum atomic E-state index is 13.1. The number of nitrogens with zero attached hydrogens (tertiary/aromatic N) is 3. The highest BCUT2D eigenvalue weighted by Crippen LogP contribution is 2.37. The highest BCUT2D eigenvalue weighted by atomic mass is 32.2. The van der Waals surface area contributed by atoms with Gasteiger partial charge in [0.15, 0.2) is 5.16 Å². The number of hydrogen-bond acceptors (Lipinski definition) is 6. The third-order valence-electron chi connectivity index (χ3n) is 5.22. The monoisotopic (exact) mass is 471 g/mol. The average Bonchev–Trinajstić information content (AvgIpc) is 3.37. The number of aromatic nitrogens is 3. The summed E-state index contributed by atoms with van der Waals surface area (Å²) in [5.41, 5.74) is -1.27. The van der Waals surface area contributed by atoms with E-state index >= 15 is 0 Å². The second kappa shape index (κ2) is 8.62. The van der Waals surface area contributed by atoms with E-state index in [4.69, 9.17) is 4.74 Å². The van der Waals surface area contributed by atoms with Crippen LogP contribution in [0.2, 0.25) is 0 Å². The van der Waals surface area contributed by atoms with E-state index in [0.717, 1.165) is 47.7 Å². The molecule has 2 unspecified atom stereocenters. The number of H-pyrrole nitrogens is 1. The zero-order valence-electron chi connectivity index (χ0n) is 16.9. The molecule has 0 radical (unpaired) electrons. The van der Waals surface area contributed by atoms with Crippen LogP contribution in [0.4, 0.5) is 24.5 Å². The Hall–Kier alpha value is -2.80. The minimum absolute atomic E-state index is 0.0864. The summed E-state index contributed by atoms with van der Waals surface area (Å²) in [6, 6.07) is 2.83. The Kier molecular flexibility index (Phi) is 6.03. The van der Waals surface area contributed by atoms with E-state index < -0.39 is 34.5 Å². The molecule has 2 aromatic rings. The molecule has 4 rings (SSSR count). The third-order valence-corrected chi connectivity index (χ3v) is 6.30. The van der Waals surface area contributed by atoms with Crippen LogP contribution >= 0.6 is 11.8 Å². The topological polar surface area (TPSA) is 109 Å². The quantitative estimate of drug-likeness (QED) is 0.648. The zero-order valence-corrected chi connectivity index (χ0v) is 17.8. The maximum Gasteiger partial charge on any atom is 0.416 e. The van der Waals surface area contributed by atoms with Gasteiger partial charge in [0.05, 0.1) is 34.8 Å². The van der Waals surface area contributed by atoms with Gasteiger partial charge in [-0.2, -0.15) is 13.2 Å². The number of benzene rings is 1. The molecule has 0 bridgehead atoms. The fourth-order valence-electron chi connectivity index (χ4n) is 3.64. The molecule has 9 nitrogen and oxygen atoms in total. The van der Waals surface area contributed by atoms with Crippen LogP contribution in [-0.4, -0.2) is 51.1 Å². The van der Waals surface area contributed by atoms with E-state index in [0.29, 0.717) is 18.3 Å². The Bertz CT molecular complexity index is 1090. The molecule has 2 aliphatic rings. The third kappa shape index (κ3) is 4.53. The molecule has 0 saturated carbocycles. The lowest BCUT2D eigenvalue weighted by Crippen LogP contribution is -2.45. The maximum absolute atomic E-state index is 13.1. The van der Waals surface area contributed by atoms with Crippen molar-refractivity contribution in [2.24, 2.45) is 0 Å². The molecule has 172 valence electrons. The number of fused-ring (bicyclic) bond motifs is 1. The molecular formula is C19H20F3N5O4S. The Morgan fingerprint density at radius 3 is 2.84 bits per heavy atom. The molecule has 32 heavy (non-hydrogen) atoms. The number of anilines is 2. The Balaban J connectivity index is 1.54. The predicted molar refractivity (Wildman–Crippen MR) is 110 cm³/mol. The molecule has 13 heteroatoms. The molecule has 1 saturated heterocycles. The van der Waals surface area contributed by atoms with Crippen LogP contribution in [0.5, 0.6) is 0 Å². The first kappa shape index (κ1) is 22.4. The van der Waals surface area contributed by atoms with Crippen molar-refractivity contribution >= 4 is 35.0 Å². The molecule has 0 spiro atoms. The van der Waals surface area contributed by atoms with Crippen LogP contribution in [-0.2, 0) is 27.0 Å². The molecule has 3 heterocycles. The number of carbonyl (C=O) groups excluding carboxylic acids is 2. The minimum Gasteiger partial charge on any atom is -0.376 e. The van der Waals surface area contributed by atoms with Gasteiger partial charge < -0.3 is 10.1 Å². The van der Waals surface area contributed by atoms with Crippen LogP contribution in [0.25, 0.3) is 0 Å². The number of nitrogens with one attached hydrogen (secondary N) is 2. The molecule has 2 atom stereocenters. The van der Waals surface area contributed by atoms with E-state index in [1.54, 1.807) is 6.92 Å². The van der Waals surface area contributed by atoms with Crippen LogP contribution in [0, 0.1) is 0 Å². The van der Waals surface area contributed by atoms with Crippen LogP contribution < -0.4 is 15.9 Å². The summed E-state index contributed by atoms with van der Waals surface area (Å²) in [6.07, 6.45) is -2.98. The van der Waals surface area contributed by atoms with E-state index in [9.17, 15) is 27.6 Å². The number of carbonyl (C=O) groups is 2. The summed E-state index contributed by atoms with van der Waals surface area (Å²) in [7, 11) is 0. The highest BCUT2D eigenvalue weighted by Gasteiger charge is 2.35. The van der Waals surface area contributed by atoms with Gasteiger partial charge in [0.2, 0.25) is 11.8 Å². The minimum atomic E-state index is -4.58. The first-order chi connectivity index (χ1) is 15.1. The van der Waals surface area contributed by atoms with Crippen molar-refractivity contribution in [2.75, 3.05) is 23.4 Å². The summed E-state index contributed by atoms with van der Waals surface area (Å²) in [4.78, 5) is 38.4. The standard InChI is InChI=1S/C19H20F3N5O4S/c1-10(32-18-25-24-17(30)27(18)8-12-3-2-6-31-12)16(29)26-9-15(28)23-13-7-11(19(20,21)22)4-5-14(13)26/h4-5,7,10,12H,2-3,6,8-9H2,1H3,(H,23,28)(H,24,30). The number of rotatable bonds is 5. The number of aromatic amines is 1. The number of halogens is 3. The van der Waals surface area contributed by atoms with E-state index in [-0.39, 0.29) is 24.0 Å². The summed E-state index contributed by atoms with van der Waals surface area (Å²) < 4.78 is 46.0. The van der Waals surface area contributed by atoms with Gasteiger partial charge in [-0.15, -0.1) is 5.10 Å². The van der Waals surface area contributed by atoms with Crippen molar-refractivity contribution in [1.29, 1.82) is 0 Å². The lowest BCUT2D eigenvalue weighted by atomic mass is 10.1. The van der Waals surface area contributed by atoms with Gasteiger partial charge >= 0.3 is 11.9 Å². The van der Waals surface area contributed by atoms with Crippen molar-refractivity contribution < 1.29 is 27.5 Å². The summed E-state index contributed by atoms with van der Waals surface area (Å²) in [5.74, 6) is -1.09. The highest BCUT2D eigenvalue weighted by molar-refractivity contribution is 8.00. The van der Waals surface area contributed by atoms with Gasteiger partial charge in [-0.05, 0) is 38.0 Å². The van der Waals surface area contributed by atoms with Crippen molar-refractivity contribution in [2.45, 2.75) is 49.0 Å². The molecule has 2 N–H and O–H groups in total. The summed E-state index contributed by atoms with van der Waals surface area (Å²) >= 11 is 1.02. The molecular weight excluding hydrogens is 451 g/mol. The average molecular weight is 471 g/mol. The largest absolute Gasteiger partial charge is 0.416 e. The van der Waals surface area contributed by atoms with Gasteiger partial charge in [-0.3, -0.25) is 19.1 Å². The van der Waals surface area contributed by atoms with Crippen molar-refractivity contribution in [3.05, 3.63) is 34.2 Å². The van der Waals surface area contributed by atoms with Crippen LogP contribution in [0.15, 0.2) is 28.2 Å². The second-order valence-corrected chi connectivity index (χ2v) is 8.83. The number of thioether (sulfide) groups is 1. The second-order valence-electron chi connectivity index (χ2n) is 7.52. The molecule has 2 aliphatic heterocycles. The van der Waals surface area contributed by atoms with Crippen LogP contribution in [0.3, 0.4) is 0 Å². The Morgan fingerprint density at radius 1 is 1.38 bits per heavy atom. The molecule has 1 fully saturated rings. The van der Waals surface area contributed by atoms with Gasteiger partial charge in [-0.25, -0.2) is 9.89 Å². The predicted octanol–water partition coefficient (Wildman–Crippen LogP) is 2.24. The van der Waals surface area contributed by atoms with E-state index in [1.807, 2.05) is 0 Å². The first-order valence-electron chi connectivity index (χ1n) is 9.89. The van der Waals surface area contributed by atoms with Gasteiger partial charge in [0.1, 0.15) is 6.54 Å². The Morgan fingerprint density at radius 2 is 2.16 bits per heavy atom. The number of alkyl halides is 3. The molecule has 1 aromatic heterocycles.